The molecule has 3 heterocycles. The Morgan fingerprint density at radius 2 is 1.92 bits per heavy atom. The van der Waals surface area contributed by atoms with Crippen molar-refractivity contribution in [3.8, 4) is 17.0 Å². The van der Waals surface area contributed by atoms with Gasteiger partial charge in [0.2, 0.25) is 0 Å². The zero-order valence-electron chi connectivity index (χ0n) is 21.1. The van der Waals surface area contributed by atoms with E-state index in [4.69, 9.17) is 10.1 Å². The van der Waals surface area contributed by atoms with Gasteiger partial charge >= 0.3 is 0 Å². The molecule has 1 atom stereocenters. The third-order valence-electron chi connectivity index (χ3n) is 6.95. The van der Waals surface area contributed by atoms with E-state index < -0.39 is 0 Å². The number of benzene rings is 1. The topological polar surface area (TPSA) is 99.1 Å². The van der Waals surface area contributed by atoms with Crippen LogP contribution in [0.25, 0.3) is 11.3 Å². The van der Waals surface area contributed by atoms with Crippen LogP contribution in [0.4, 0.5) is 11.6 Å². The molecule has 2 aliphatic rings. The molecule has 0 radical (unpaired) electrons. The normalized spacial score (nSPS) is 17.4. The maximum atomic E-state index is 7.93. The fourth-order valence-corrected chi connectivity index (χ4v) is 4.54. The Hall–Kier alpha value is -3.52. The van der Waals surface area contributed by atoms with Crippen molar-refractivity contribution < 1.29 is 4.74 Å². The molecular formula is C28H35N7O. The van der Waals surface area contributed by atoms with Crippen LogP contribution in [0.1, 0.15) is 49.7 Å². The Morgan fingerprint density at radius 1 is 1.11 bits per heavy atom. The van der Waals surface area contributed by atoms with E-state index in [1.807, 2.05) is 24.4 Å². The number of nitrogens with zero attached hydrogens (tertiary/aromatic N) is 4. The highest BCUT2D eigenvalue weighted by Crippen LogP contribution is 2.33. The SMILES string of the molecule is CC(CNc1cc(-c2cnc(NC3CCN(C)CC3)c(C=N)c2)ncn1)c1ccccc1OC1CC1. The Bertz CT molecular complexity index is 1190. The van der Waals surface area contributed by atoms with E-state index in [0.29, 0.717) is 12.1 Å². The van der Waals surface area contributed by atoms with Gasteiger partial charge in [0.25, 0.3) is 0 Å². The number of piperidine rings is 1. The van der Waals surface area contributed by atoms with Crippen molar-refractivity contribution in [3.05, 3.63) is 60.0 Å². The number of hydrogen-bond donors (Lipinski definition) is 3. The zero-order valence-corrected chi connectivity index (χ0v) is 21.1. The monoisotopic (exact) mass is 485 g/mol. The number of ether oxygens (including phenoxy) is 1. The molecule has 0 amide bonds. The maximum absolute atomic E-state index is 7.93. The Labute approximate surface area is 213 Å². The summed E-state index contributed by atoms with van der Waals surface area (Å²) >= 11 is 0. The number of rotatable bonds is 10. The molecule has 2 fully saturated rings. The first kappa shape index (κ1) is 24.2. The highest BCUT2D eigenvalue weighted by atomic mass is 16.5. The number of aromatic nitrogens is 3. The van der Waals surface area contributed by atoms with Gasteiger partial charge in [0.05, 0.1) is 11.8 Å². The molecule has 3 N–H and O–H groups in total. The number of hydrogen-bond acceptors (Lipinski definition) is 8. The van der Waals surface area contributed by atoms with Crippen LogP contribution in [0.3, 0.4) is 0 Å². The Morgan fingerprint density at radius 3 is 2.69 bits per heavy atom. The van der Waals surface area contributed by atoms with Crippen LogP contribution in [-0.2, 0) is 0 Å². The molecule has 1 aliphatic carbocycles. The van der Waals surface area contributed by atoms with Gasteiger partial charge in [-0.25, -0.2) is 15.0 Å². The van der Waals surface area contributed by atoms with Crippen LogP contribution in [0, 0.1) is 5.41 Å². The molecule has 188 valence electrons. The highest BCUT2D eigenvalue weighted by molar-refractivity contribution is 5.86. The lowest BCUT2D eigenvalue weighted by Crippen LogP contribution is -2.37. The number of pyridine rings is 1. The Kier molecular flexibility index (Phi) is 7.41. The smallest absolute Gasteiger partial charge is 0.135 e. The summed E-state index contributed by atoms with van der Waals surface area (Å²) in [5.74, 6) is 2.76. The van der Waals surface area contributed by atoms with Gasteiger partial charge in [-0.2, -0.15) is 0 Å². The van der Waals surface area contributed by atoms with Crippen molar-refractivity contribution in [2.24, 2.45) is 0 Å². The van der Waals surface area contributed by atoms with Gasteiger partial charge in [-0.05, 0) is 63.5 Å². The quantitative estimate of drug-likeness (QED) is 0.355. The molecular weight excluding hydrogens is 450 g/mol. The largest absolute Gasteiger partial charge is 0.490 e. The fraction of sp³-hybridized carbons (Fsp3) is 0.429. The molecule has 8 heteroatoms. The van der Waals surface area contributed by atoms with Crippen LogP contribution in [0.2, 0.25) is 0 Å². The van der Waals surface area contributed by atoms with Gasteiger partial charge < -0.3 is 25.7 Å². The van der Waals surface area contributed by atoms with E-state index in [2.05, 4.69) is 62.7 Å². The summed E-state index contributed by atoms with van der Waals surface area (Å²) in [6, 6.07) is 12.6. The summed E-state index contributed by atoms with van der Waals surface area (Å²) in [4.78, 5) is 15.9. The lowest BCUT2D eigenvalue weighted by atomic mass is 10.00. The van der Waals surface area contributed by atoms with Crippen molar-refractivity contribution in [2.45, 2.75) is 50.7 Å². The first-order valence-electron chi connectivity index (χ1n) is 12.9. The molecule has 1 saturated heterocycles. The predicted octanol–water partition coefficient (Wildman–Crippen LogP) is 4.80. The van der Waals surface area contributed by atoms with E-state index in [0.717, 1.165) is 79.5 Å². The van der Waals surface area contributed by atoms with Crippen molar-refractivity contribution in [1.29, 1.82) is 5.41 Å². The standard InChI is InChI=1S/C28H35N7O/c1-19(24-5-3-4-6-26(24)36-23-7-8-23)16-30-27-14-25(32-18-33-27)21-13-20(15-29)28(31-17-21)34-22-9-11-35(2)12-10-22/h3-6,13-15,17-19,22-23,29H,7-12,16H2,1-2H3,(H,31,34)(H,30,32,33). The lowest BCUT2D eigenvalue weighted by molar-refractivity contribution is 0.263. The second-order valence-electron chi connectivity index (χ2n) is 9.95. The average molecular weight is 486 g/mol. The molecule has 2 aromatic heterocycles. The molecule has 5 rings (SSSR count). The van der Waals surface area contributed by atoms with Gasteiger partial charge in [0.15, 0.2) is 0 Å². The van der Waals surface area contributed by atoms with Gasteiger partial charge in [0, 0.05) is 48.1 Å². The molecule has 1 aliphatic heterocycles. The van der Waals surface area contributed by atoms with Gasteiger partial charge in [-0.1, -0.05) is 25.1 Å². The van der Waals surface area contributed by atoms with Crippen LogP contribution < -0.4 is 15.4 Å². The summed E-state index contributed by atoms with van der Waals surface area (Å²) in [7, 11) is 2.15. The van der Waals surface area contributed by atoms with E-state index in [9.17, 15) is 0 Å². The average Bonchev–Trinajstić information content (AvgIpc) is 3.73. The van der Waals surface area contributed by atoms with Crippen molar-refractivity contribution in [1.82, 2.24) is 19.9 Å². The Balaban J connectivity index is 1.25. The summed E-state index contributed by atoms with van der Waals surface area (Å²) in [6.45, 7) is 5.07. The molecule has 3 aromatic rings. The van der Waals surface area contributed by atoms with Crippen molar-refractivity contribution in [3.63, 3.8) is 0 Å². The van der Waals surface area contributed by atoms with E-state index in [1.165, 1.54) is 11.8 Å². The molecule has 0 spiro atoms. The van der Waals surface area contributed by atoms with Crippen LogP contribution in [-0.4, -0.2) is 64.9 Å². The van der Waals surface area contributed by atoms with Crippen molar-refractivity contribution in [2.75, 3.05) is 37.3 Å². The maximum Gasteiger partial charge on any atom is 0.135 e. The summed E-state index contributed by atoms with van der Waals surface area (Å²) in [5, 5.41) is 14.9. The van der Waals surface area contributed by atoms with Crippen molar-refractivity contribution >= 4 is 17.9 Å². The zero-order chi connectivity index (χ0) is 24.9. The number of likely N-dealkylation sites (tertiary alicyclic amines) is 1. The minimum absolute atomic E-state index is 0.259. The number of anilines is 2. The molecule has 1 aromatic carbocycles. The molecule has 8 nitrogen and oxygen atoms in total. The number of para-hydroxylation sites is 1. The second kappa shape index (κ2) is 11.0. The minimum atomic E-state index is 0.259. The third kappa shape index (κ3) is 5.99. The summed E-state index contributed by atoms with van der Waals surface area (Å²) in [6.07, 6.45) is 9.58. The first-order valence-corrected chi connectivity index (χ1v) is 12.9. The molecule has 0 bridgehead atoms. The summed E-state index contributed by atoms with van der Waals surface area (Å²) in [5.41, 5.74) is 3.61. The molecule has 36 heavy (non-hydrogen) atoms. The van der Waals surface area contributed by atoms with Crippen LogP contribution >= 0.6 is 0 Å². The minimum Gasteiger partial charge on any atom is -0.490 e. The van der Waals surface area contributed by atoms with Gasteiger partial charge in [0.1, 0.15) is 23.7 Å². The predicted molar refractivity (Wildman–Crippen MR) is 144 cm³/mol. The van der Waals surface area contributed by atoms with E-state index in [-0.39, 0.29) is 5.92 Å². The van der Waals surface area contributed by atoms with Crippen LogP contribution in [0.15, 0.2) is 48.9 Å². The fourth-order valence-electron chi connectivity index (χ4n) is 4.54. The summed E-state index contributed by atoms with van der Waals surface area (Å²) < 4.78 is 6.10. The van der Waals surface area contributed by atoms with E-state index in [1.54, 1.807) is 6.33 Å². The van der Waals surface area contributed by atoms with Crippen LogP contribution in [0.5, 0.6) is 5.75 Å². The van der Waals surface area contributed by atoms with Gasteiger partial charge in [-0.3, -0.25) is 0 Å². The first-order chi connectivity index (χ1) is 17.6. The number of nitrogens with one attached hydrogen (secondary N) is 3. The molecule has 1 saturated carbocycles. The third-order valence-corrected chi connectivity index (χ3v) is 6.95. The molecule has 1 unspecified atom stereocenters. The lowest BCUT2D eigenvalue weighted by Gasteiger charge is -2.30. The van der Waals surface area contributed by atoms with E-state index >= 15 is 0 Å². The van der Waals surface area contributed by atoms with Gasteiger partial charge in [-0.15, -0.1) is 0 Å². The second-order valence-corrected chi connectivity index (χ2v) is 9.95. The highest BCUT2D eigenvalue weighted by Gasteiger charge is 2.25.